The predicted molar refractivity (Wildman–Crippen MR) is 122 cm³/mol. The van der Waals surface area contributed by atoms with E-state index in [0.29, 0.717) is 0 Å². The maximum Gasteiger partial charge on any atom is 0.240 e. The van der Waals surface area contributed by atoms with Crippen LogP contribution >= 0.6 is 0 Å². The Labute approximate surface area is 185 Å². The summed E-state index contributed by atoms with van der Waals surface area (Å²) in [6, 6.07) is 10.2. The third-order valence-corrected chi connectivity index (χ3v) is 8.69. The Kier molecular flexibility index (Phi) is 4.59. The zero-order chi connectivity index (χ0) is 21.2. The topological polar surface area (TPSA) is 45.1 Å². The van der Waals surface area contributed by atoms with Gasteiger partial charge in [-0.2, -0.15) is 0 Å². The number of hydrogen-bond acceptors (Lipinski definition) is 4. The highest BCUT2D eigenvalue weighted by atomic mass is 16.5. The highest BCUT2D eigenvalue weighted by molar-refractivity contribution is 6.27. The summed E-state index contributed by atoms with van der Waals surface area (Å²) in [7, 11) is 0. The number of nitrogens with zero attached hydrogens (tertiary/aromatic N) is 3. The molecule has 4 bridgehead atoms. The van der Waals surface area contributed by atoms with Crippen LogP contribution in [0.15, 0.2) is 35.3 Å². The van der Waals surface area contributed by atoms with Gasteiger partial charge in [-0.15, -0.1) is 0 Å². The van der Waals surface area contributed by atoms with Gasteiger partial charge in [0.1, 0.15) is 5.84 Å². The lowest BCUT2D eigenvalue weighted by Crippen LogP contribution is -2.54. The monoisotopic (exact) mass is 421 g/mol. The first kappa shape index (κ1) is 19.9. The zero-order valence-corrected chi connectivity index (χ0v) is 18.9. The lowest BCUT2D eigenvalue weighted by atomic mass is 9.53. The Hall–Kier alpha value is -1.72. The molecule has 2 heterocycles. The van der Waals surface area contributed by atoms with Crippen molar-refractivity contribution in [3.63, 3.8) is 0 Å². The molecule has 1 aromatic carbocycles. The molecular formula is C26H35N3O2. The number of anilines is 1. The first-order valence-corrected chi connectivity index (χ1v) is 12.3. The lowest BCUT2D eigenvalue weighted by Gasteiger charge is -2.55. The second-order valence-electron chi connectivity index (χ2n) is 11.4. The Morgan fingerprint density at radius 1 is 0.935 bits per heavy atom. The quantitative estimate of drug-likeness (QED) is 0.737. The molecule has 5 heteroatoms. The number of amidine groups is 1. The fraction of sp³-hybridized carbons (Fsp3) is 0.692. The molecular weight excluding hydrogens is 386 g/mol. The number of carbonyl (C=O) groups is 1. The Bertz CT molecular complexity index is 852. The molecule has 7 rings (SSSR count). The summed E-state index contributed by atoms with van der Waals surface area (Å²) in [5.74, 6) is 3.71. The molecule has 166 valence electrons. The fourth-order valence-corrected chi connectivity index (χ4v) is 7.79. The molecule has 1 aromatic rings. The van der Waals surface area contributed by atoms with Crippen LogP contribution < -0.4 is 4.90 Å². The van der Waals surface area contributed by atoms with Gasteiger partial charge in [0.15, 0.2) is 0 Å². The number of amides is 1. The standard InChI is InChI=1S/C26H35N3O2/c1-25(2)22(28-8-10-31-11-9-28)23(29(24(25)30)21-6-4-3-5-7-21)27-26-15-18-12-19(16-26)14-20(13-18)17-26/h3-7,18-20,22H,8-17H2,1-2H3/t18?,19?,20?,22-,26?/m0/s1. The molecule has 0 spiro atoms. The molecule has 0 unspecified atom stereocenters. The van der Waals surface area contributed by atoms with Crippen LogP contribution in [0.2, 0.25) is 0 Å². The van der Waals surface area contributed by atoms with Gasteiger partial charge < -0.3 is 4.74 Å². The van der Waals surface area contributed by atoms with Crippen LogP contribution in [0.1, 0.15) is 52.4 Å². The Morgan fingerprint density at radius 3 is 2.10 bits per heavy atom. The normalized spacial score (nSPS) is 40.8. The smallest absolute Gasteiger partial charge is 0.240 e. The van der Waals surface area contributed by atoms with Crippen LogP contribution in [0, 0.1) is 23.2 Å². The molecule has 4 saturated carbocycles. The van der Waals surface area contributed by atoms with Gasteiger partial charge >= 0.3 is 0 Å². The second kappa shape index (κ2) is 7.14. The molecule has 0 aromatic heterocycles. The van der Waals surface area contributed by atoms with Crippen LogP contribution in [-0.4, -0.2) is 54.5 Å². The van der Waals surface area contributed by atoms with E-state index in [1.165, 1.54) is 38.5 Å². The number of hydrogen-bond donors (Lipinski definition) is 0. The van der Waals surface area contributed by atoms with Crippen molar-refractivity contribution in [1.29, 1.82) is 0 Å². The third kappa shape index (κ3) is 3.19. The van der Waals surface area contributed by atoms with Crippen molar-refractivity contribution in [1.82, 2.24) is 4.90 Å². The lowest BCUT2D eigenvalue weighted by molar-refractivity contribution is -0.126. The molecule has 31 heavy (non-hydrogen) atoms. The average Bonchev–Trinajstić information content (AvgIpc) is 2.93. The number of carbonyl (C=O) groups excluding carboxylic acids is 1. The summed E-state index contributed by atoms with van der Waals surface area (Å²) >= 11 is 0. The van der Waals surface area contributed by atoms with Gasteiger partial charge in [-0.05, 0) is 82.3 Å². The van der Waals surface area contributed by atoms with E-state index in [1.54, 1.807) is 0 Å². The summed E-state index contributed by atoms with van der Waals surface area (Å²) in [6.45, 7) is 7.43. The number of morpholine rings is 1. The van der Waals surface area contributed by atoms with E-state index >= 15 is 0 Å². The number of para-hydroxylation sites is 1. The molecule has 6 fully saturated rings. The van der Waals surface area contributed by atoms with Crippen molar-refractivity contribution < 1.29 is 9.53 Å². The van der Waals surface area contributed by atoms with E-state index in [9.17, 15) is 4.79 Å². The first-order chi connectivity index (χ1) is 15.0. The van der Waals surface area contributed by atoms with E-state index in [4.69, 9.17) is 9.73 Å². The molecule has 0 radical (unpaired) electrons. The summed E-state index contributed by atoms with van der Waals surface area (Å²) in [5.41, 5.74) is 0.497. The average molecular weight is 422 g/mol. The molecule has 2 aliphatic heterocycles. The molecule has 1 atom stereocenters. The van der Waals surface area contributed by atoms with Gasteiger partial charge in [-0.25, -0.2) is 0 Å². The van der Waals surface area contributed by atoms with Gasteiger partial charge in [0.2, 0.25) is 5.91 Å². The van der Waals surface area contributed by atoms with Crippen LogP contribution in [0.3, 0.4) is 0 Å². The van der Waals surface area contributed by atoms with Gasteiger partial charge in [0.05, 0.1) is 35.9 Å². The Balaban J connectivity index is 1.47. The van der Waals surface area contributed by atoms with Crippen LogP contribution in [0.25, 0.3) is 0 Å². The van der Waals surface area contributed by atoms with E-state index < -0.39 is 5.41 Å². The van der Waals surface area contributed by atoms with Crippen molar-refractivity contribution in [3.05, 3.63) is 30.3 Å². The van der Waals surface area contributed by atoms with E-state index in [2.05, 4.69) is 30.9 Å². The van der Waals surface area contributed by atoms with Gasteiger partial charge in [0.25, 0.3) is 0 Å². The second-order valence-corrected chi connectivity index (χ2v) is 11.4. The van der Waals surface area contributed by atoms with Gasteiger partial charge in [0, 0.05) is 13.1 Å². The molecule has 5 nitrogen and oxygen atoms in total. The van der Waals surface area contributed by atoms with E-state index in [1.807, 2.05) is 23.1 Å². The van der Waals surface area contributed by atoms with Crippen LogP contribution in [0.5, 0.6) is 0 Å². The van der Waals surface area contributed by atoms with E-state index in [-0.39, 0.29) is 17.5 Å². The van der Waals surface area contributed by atoms with Crippen LogP contribution in [-0.2, 0) is 9.53 Å². The van der Waals surface area contributed by atoms with Gasteiger partial charge in [-0.3, -0.25) is 19.6 Å². The molecule has 0 N–H and O–H groups in total. The van der Waals surface area contributed by atoms with Gasteiger partial charge in [-0.1, -0.05) is 18.2 Å². The number of rotatable bonds is 3. The fourth-order valence-electron chi connectivity index (χ4n) is 7.79. The molecule has 1 amide bonds. The number of aliphatic imine (C=N–C) groups is 1. The molecule has 6 aliphatic rings. The summed E-state index contributed by atoms with van der Waals surface area (Å²) in [6.07, 6.45) is 7.87. The van der Waals surface area contributed by atoms with Crippen LogP contribution in [0.4, 0.5) is 5.69 Å². The maximum atomic E-state index is 13.9. The van der Waals surface area contributed by atoms with E-state index in [0.717, 1.165) is 55.6 Å². The summed E-state index contributed by atoms with van der Waals surface area (Å²) < 4.78 is 5.65. The highest BCUT2D eigenvalue weighted by Crippen LogP contribution is 2.57. The minimum atomic E-state index is -0.506. The van der Waals surface area contributed by atoms with Crippen molar-refractivity contribution >= 4 is 17.4 Å². The molecule has 4 aliphatic carbocycles. The summed E-state index contributed by atoms with van der Waals surface area (Å²) in [4.78, 5) is 24.0. The Morgan fingerprint density at radius 2 is 1.52 bits per heavy atom. The highest BCUT2D eigenvalue weighted by Gasteiger charge is 2.57. The SMILES string of the molecule is CC1(C)C(=O)N(c2ccccc2)C(=NC23CC4CC(CC(C4)C2)C3)[C@@H]1N1CCOCC1. The first-order valence-electron chi connectivity index (χ1n) is 12.3. The predicted octanol–water partition coefficient (Wildman–Crippen LogP) is 4.13. The zero-order valence-electron chi connectivity index (χ0n) is 18.9. The van der Waals surface area contributed by atoms with Crippen molar-refractivity contribution in [2.75, 3.05) is 31.2 Å². The maximum absolute atomic E-state index is 13.9. The third-order valence-electron chi connectivity index (χ3n) is 8.69. The number of ether oxygens (including phenoxy) is 1. The summed E-state index contributed by atoms with van der Waals surface area (Å²) in [5, 5.41) is 0. The number of benzene rings is 1. The molecule has 2 saturated heterocycles. The minimum absolute atomic E-state index is 0.0112. The van der Waals surface area contributed by atoms with Crippen molar-refractivity contribution in [3.8, 4) is 0 Å². The minimum Gasteiger partial charge on any atom is -0.379 e. The van der Waals surface area contributed by atoms with Crippen molar-refractivity contribution in [2.45, 2.75) is 64.0 Å². The largest absolute Gasteiger partial charge is 0.379 e. The van der Waals surface area contributed by atoms with Crippen molar-refractivity contribution in [2.24, 2.45) is 28.2 Å².